The normalized spacial score (nSPS) is 15.1. The van der Waals surface area contributed by atoms with Crippen LogP contribution in [0.2, 0.25) is 0 Å². The Morgan fingerprint density at radius 3 is 2.73 bits per heavy atom. The summed E-state index contributed by atoms with van der Waals surface area (Å²) in [5, 5.41) is 2.89. The average molecular weight is 393 g/mol. The van der Waals surface area contributed by atoms with Gasteiger partial charge in [-0.1, -0.05) is 12.1 Å². The molecule has 2 heterocycles. The first-order valence-corrected chi connectivity index (χ1v) is 10.5. The van der Waals surface area contributed by atoms with E-state index < -0.39 is 10.0 Å². The van der Waals surface area contributed by atoms with Crippen LogP contribution in [0.3, 0.4) is 0 Å². The zero-order chi connectivity index (χ0) is 18.6. The van der Waals surface area contributed by atoms with Crippen LogP contribution < -0.4 is 9.62 Å². The number of sulfonamides is 1. The molecule has 1 aliphatic rings. The number of thiazole rings is 1. The van der Waals surface area contributed by atoms with E-state index in [0.29, 0.717) is 31.7 Å². The number of benzene rings is 1. The van der Waals surface area contributed by atoms with Crippen molar-refractivity contribution in [1.29, 1.82) is 0 Å². The molecule has 0 radical (unpaired) electrons. The van der Waals surface area contributed by atoms with Crippen LogP contribution in [0.1, 0.15) is 10.4 Å². The lowest BCUT2D eigenvalue weighted by Gasteiger charge is -2.34. The number of nitrogens with one attached hydrogen (secondary N) is 1. The first-order chi connectivity index (χ1) is 12.5. The van der Waals surface area contributed by atoms with Gasteiger partial charge in [-0.25, -0.2) is 18.1 Å². The first-order valence-electron chi connectivity index (χ1n) is 8.15. The lowest BCUT2D eigenvalue weighted by molar-refractivity contribution is 0.0746. The quantitative estimate of drug-likeness (QED) is 0.755. The molecule has 1 aromatic heterocycles. The monoisotopic (exact) mass is 392 g/mol. The SMILES string of the molecule is C=CCNS(=O)(=O)c1cccc(C(=O)N2CCN(c3nccs3)CC2)c1. The number of hydrogen-bond acceptors (Lipinski definition) is 6. The molecule has 0 unspecified atom stereocenters. The zero-order valence-corrected chi connectivity index (χ0v) is 15.8. The van der Waals surface area contributed by atoms with Gasteiger partial charge >= 0.3 is 0 Å². The molecule has 138 valence electrons. The second-order valence-corrected chi connectivity index (χ2v) is 8.40. The molecule has 0 atom stereocenters. The minimum absolute atomic E-state index is 0.0756. The van der Waals surface area contributed by atoms with Crippen molar-refractivity contribution in [3.05, 3.63) is 54.1 Å². The summed E-state index contributed by atoms with van der Waals surface area (Å²) in [4.78, 5) is 21.0. The van der Waals surface area contributed by atoms with Gasteiger partial charge in [0.25, 0.3) is 5.91 Å². The van der Waals surface area contributed by atoms with Gasteiger partial charge in [0.15, 0.2) is 5.13 Å². The van der Waals surface area contributed by atoms with E-state index in [1.807, 2.05) is 5.38 Å². The molecule has 9 heteroatoms. The Hall–Kier alpha value is -2.23. The summed E-state index contributed by atoms with van der Waals surface area (Å²) in [6, 6.07) is 6.12. The van der Waals surface area contributed by atoms with Crippen molar-refractivity contribution >= 4 is 32.4 Å². The molecule has 1 saturated heterocycles. The van der Waals surface area contributed by atoms with Crippen LogP contribution in [-0.2, 0) is 10.0 Å². The second kappa shape index (κ2) is 7.98. The van der Waals surface area contributed by atoms with E-state index in [0.717, 1.165) is 5.13 Å². The van der Waals surface area contributed by atoms with Crippen molar-refractivity contribution in [2.75, 3.05) is 37.6 Å². The van der Waals surface area contributed by atoms with Crippen LogP contribution in [0.15, 0.2) is 53.4 Å². The molecule has 3 rings (SSSR count). The van der Waals surface area contributed by atoms with Crippen LogP contribution in [0.25, 0.3) is 0 Å². The van der Waals surface area contributed by atoms with E-state index in [2.05, 4.69) is 21.2 Å². The summed E-state index contributed by atoms with van der Waals surface area (Å²) in [5.74, 6) is -0.162. The molecule has 2 aromatic rings. The number of hydrogen-bond donors (Lipinski definition) is 1. The number of nitrogens with zero attached hydrogens (tertiary/aromatic N) is 3. The number of piperazine rings is 1. The van der Waals surface area contributed by atoms with Crippen molar-refractivity contribution in [2.45, 2.75) is 4.90 Å². The highest BCUT2D eigenvalue weighted by Gasteiger charge is 2.24. The van der Waals surface area contributed by atoms with E-state index in [1.165, 1.54) is 18.2 Å². The van der Waals surface area contributed by atoms with Crippen LogP contribution in [0.5, 0.6) is 0 Å². The second-order valence-electron chi connectivity index (χ2n) is 5.76. The summed E-state index contributed by atoms with van der Waals surface area (Å²) in [6.07, 6.45) is 3.23. The van der Waals surface area contributed by atoms with Crippen molar-refractivity contribution in [3.63, 3.8) is 0 Å². The molecule has 26 heavy (non-hydrogen) atoms. The van der Waals surface area contributed by atoms with Gasteiger partial charge < -0.3 is 9.80 Å². The Morgan fingerprint density at radius 2 is 2.08 bits per heavy atom. The van der Waals surface area contributed by atoms with Crippen molar-refractivity contribution in [2.24, 2.45) is 0 Å². The third kappa shape index (κ3) is 4.12. The van der Waals surface area contributed by atoms with E-state index >= 15 is 0 Å². The molecule has 1 aromatic carbocycles. The lowest BCUT2D eigenvalue weighted by atomic mass is 10.2. The van der Waals surface area contributed by atoms with E-state index in [1.54, 1.807) is 34.6 Å². The maximum atomic E-state index is 12.7. The summed E-state index contributed by atoms with van der Waals surface area (Å²) in [5.41, 5.74) is 0.370. The van der Waals surface area contributed by atoms with Gasteiger partial charge in [-0.15, -0.1) is 17.9 Å². The minimum atomic E-state index is -3.65. The molecule has 7 nitrogen and oxygen atoms in total. The van der Waals surface area contributed by atoms with Gasteiger partial charge in [0, 0.05) is 49.9 Å². The van der Waals surface area contributed by atoms with E-state index in [9.17, 15) is 13.2 Å². The Labute approximate surface area is 157 Å². The van der Waals surface area contributed by atoms with Gasteiger partial charge in [-0.05, 0) is 18.2 Å². The maximum absolute atomic E-state index is 12.7. The van der Waals surface area contributed by atoms with Gasteiger partial charge in [0.2, 0.25) is 10.0 Å². The number of carbonyl (C=O) groups excluding carboxylic acids is 1. The summed E-state index contributed by atoms with van der Waals surface area (Å²) in [6.45, 7) is 6.19. The number of rotatable bonds is 6. The largest absolute Gasteiger partial charge is 0.345 e. The Bertz CT molecular complexity index is 873. The lowest BCUT2D eigenvalue weighted by Crippen LogP contribution is -2.48. The fourth-order valence-electron chi connectivity index (χ4n) is 2.70. The minimum Gasteiger partial charge on any atom is -0.345 e. The van der Waals surface area contributed by atoms with Crippen LogP contribution >= 0.6 is 11.3 Å². The highest BCUT2D eigenvalue weighted by molar-refractivity contribution is 7.89. The zero-order valence-electron chi connectivity index (χ0n) is 14.2. The van der Waals surface area contributed by atoms with Gasteiger partial charge in [-0.3, -0.25) is 4.79 Å². The van der Waals surface area contributed by atoms with E-state index in [-0.39, 0.29) is 17.3 Å². The topological polar surface area (TPSA) is 82.6 Å². The third-order valence-electron chi connectivity index (χ3n) is 4.07. The highest BCUT2D eigenvalue weighted by Crippen LogP contribution is 2.20. The predicted octanol–water partition coefficient (Wildman–Crippen LogP) is 1.57. The average Bonchev–Trinajstić information content (AvgIpc) is 3.21. The number of anilines is 1. The smallest absolute Gasteiger partial charge is 0.254 e. The molecule has 1 fully saturated rings. The molecule has 0 saturated carbocycles. The van der Waals surface area contributed by atoms with Gasteiger partial charge in [0.1, 0.15) is 0 Å². The Morgan fingerprint density at radius 1 is 1.31 bits per heavy atom. The summed E-state index contributed by atoms with van der Waals surface area (Å²) >= 11 is 1.58. The number of amides is 1. The molecule has 1 amide bonds. The fraction of sp³-hybridized carbons (Fsp3) is 0.294. The van der Waals surface area contributed by atoms with Crippen LogP contribution in [-0.4, -0.2) is 56.9 Å². The van der Waals surface area contributed by atoms with Crippen LogP contribution in [0, 0.1) is 0 Å². The third-order valence-corrected chi connectivity index (χ3v) is 6.32. The highest BCUT2D eigenvalue weighted by atomic mass is 32.2. The van der Waals surface area contributed by atoms with Crippen molar-refractivity contribution in [3.8, 4) is 0 Å². The summed E-state index contributed by atoms with van der Waals surface area (Å²) < 4.78 is 26.8. The molecule has 0 aliphatic carbocycles. The maximum Gasteiger partial charge on any atom is 0.254 e. The standard InChI is InChI=1S/C17H20N4O3S2/c1-2-6-19-26(23,24)15-5-3-4-14(13-15)16(22)20-8-10-21(11-9-20)17-18-7-12-25-17/h2-5,7,12-13,19H,1,6,8-11H2. The van der Waals surface area contributed by atoms with Gasteiger partial charge in [0.05, 0.1) is 4.90 Å². The van der Waals surface area contributed by atoms with Crippen LogP contribution in [0.4, 0.5) is 5.13 Å². The number of carbonyl (C=O) groups is 1. The van der Waals surface area contributed by atoms with Gasteiger partial charge in [-0.2, -0.15) is 0 Å². The predicted molar refractivity (Wildman–Crippen MR) is 102 cm³/mol. The Balaban J connectivity index is 1.69. The Kier molecular flexibility index (Phi) is 5.70. The number of aromatic nitrogens is 1. The summed E-state index contributed by atoms with van der Waals surface area (Å²) in [7, 11) is -3.65. The molecular formula is C17H20N4O3S2. The van der Waals surface area contributed by atoms with Crippen molar-refractivity contribution < 1.29 is 13.2 Å². The first kappa shape index (κ1) is 18.6. The van der Waals surface area contributed by atoms with Crippen molar-refractivity contribution in [1.82, 2.24) is 14.6 Å². The molecular weight excluding hydrogens is 372 g/mol. The molecule has 1 N–H and O–H groups in total. The molecule has 1 aliphatic heterocycles. The molecule has 0 spiro atoms. The fourth-order valence-corrected chi connectivity index (χ4v) is 4.44. The molecule has 0 bridgehead atoms. The van der Waals surface area contributed by atoms with E-state index in [4.69, 9.17) is 0 Å².